The molecule has 0 spiro atoms. The van der Waals surface area contributed by atoms with Gasteiger partial charge < -0.3 is 15.2 Å². The number of rotatable bonds is 6. The summed E-state index contributed by atoms with van der Waals surface area (Å²) in [5, 5.41) is 0.631. The lowest BCUT2D eigenvalue weighted by molar-refractivity contribution is 0.192. The van der Waals surface area contributed by atoms with Crippen molar-refractivity contribution in [1.82, 2.24) is 4.90 Å². The number of nitrogens with zero attached hydrogens (tertiary/aromatic N) is 1. The molecule has 0 aliphatic heterocycles. The van der Waals surface area contributed by atoms with E-state index in [4.69, 9.17) is 26.8 Å². The molecule has 1 aliphatic carbocycles. The second-order valence-corrected chi connectivity index (χ2v) is 6.06. The van der Waals surface area contributed by atoms with Crippen molar-refractivity contribution < 1.29 is 9.47 Å². The molecule has 21 heavy (non-hydrogen) atoms. The van der Waals surface area contributed by atoms with E-state index in [1.807, 2.05) is 12.1 Å². The van der Waals surface area contributed by atoms with Gasteiger partial charge in [-0.15, -0.1) is 0 Å². The monoisotopic (exact) mass is 312 g/mol. The number of nitrogens with two attached hydrogens (primary N) is 1. The second kappa shape index (κ2) is 7.34. The SMILES string of the molecule is COc1ccc(CN(C)C2CCCC2CN)c(Cl)c1OC. The van der Waals surface area contributed by atoms with Crippen LogP contribution in [0.1, 0.15) is 24.8 Å². The summed E-state index contributed by atoms with van der Waals surface area (Å²) in [6.45, 7) is 1.55. The third kappa shape index (κ3) is 3.44. The fourth-order valence-electron chi connectivity index (χ4n) is 3.31. The van der Waals surface area contributed by atoms with Gasteiger partial charge in [0, 0.05) is 12.6 Å². The Labute approximate surface area is 132 Å². The van der Waals surface area contributed by atoms with Gasteiger partial charge in [-0.05, 0) is 44.0 Å². The van der Waals surface area contributed by atoms with Gasteiger partial charge in [0.25, 0.3) is 0 Å². The molecule has 0 aromatic heterocycles. The van der Waals surface area contributed by atoms with Crippen molar-refractivity contribution in [1.29, 1.82) is 0 Å². The normalized spacial score (nSPS) is 21.8. The minimum atomic E-state index is 0.541. The molecular formula is C16H25ClN2O2. The van der Waals surface area contributed by atoms with Crippen molar-refractivity contribution >= 4 is 11.6 Å². The van der Waals surface area contributed by atoms with Crippen LogP contribution >= 0.6 is 11.6 Å². The molecule has 118 valence electrons. The molecule has 0 radical (unpaired) electrons. The van der Waals surface area contributed by atoms with Gasteiger partial charge in [0.05, 0.1) is 19.2 Å². The minimum absolute atomic E-state index is 0.541. The number of hydrogen-bond acceptors (Lipinski definition) is 4. The van der Waals surface area contributed by atoms with Crippen LogP contribution in [0.5, 0.6) is 11.5 Å². The van der Waals surface area contributed by atoms with Gasteiger partial charge in [-0.3, -0.25) is 4.90 Å². The molecule has 0 bridgehead atoms. The summed E-state index contributed by atoms with van der Waals surface area (Å²) in [6, 6.07) is 4.45. The number of ether oxygens (including phenoxy) is 2. The summed E-state index contributed by atoms with van der Waals surface area (Å²) in [4.78, 5) is 2.36. The Bertz CT molecular complexity index is 482. The van der Waals surface area contributed by atoms with Gasteiger partial charge in [0.2, 0.25) is 0 Å². The van der Waals surface area contributed by atoms with Gasteiger partial charge in [0.1, 0.15) is 0 Å². The van der Waals surface area contributed by atoms with Gasteiger partial charge in [-0.1, -0.05) is 24.1 Å². The van der Waals surface area contributed by atoms with Crippen LogP contribution in [0.3, 0.4) is 0 Å². The highest BCUT2D eigenvalue weighted by Crippen LogP contribution is 2.38. The first kappa shape index (κ1) is 16.4. The Balaban J connectivity index is 2.16. The Morgan fingerprint density at radius 1 is 1.29 bits per heavy atom. The quantitative estimate of drug-likeness (QED) is 0.877. The molecule has 1 aromatic carbocycles. The molecule has 2 N–H and O–H groups in total. The zero-order valence-electron chi connectivity index (χ0n) is 13.1. The highest BCUT2D eigenvalue weighted by atomic mass is 35.5. The minimum Gasteiger partial charge on any atom is -0.493 e. The molecule has 2 unspecified atom stereocenters. The molecule has 1 fully saturated rings. The average molecular weight is 313 g/mol. The van der Waals surface area contributed by atoms with Crippen molar-refractivity contribution in [3.05, 3.63) is 22.7 Å². The lowest BCUT2D eigenvalue weighted by Gasteiger charge is -2.29. The fourth-order valence-corrected chi connectivity index (χ4v) is 3.60. The molecule has 1 aromatic rings. The lowest BCUT2D eigenvalue weighted by atomic mass is 10.0. The standard InChI is InChI=1S/C16H25ClN2O2/c1-19(13-6-4-5-11(13)9-18)10-12-7-8-14(20-2)16(21-3)15(12)17/h7-8,11,13H,4-6,9-10,18H2,1-3H3. The summed E-state index contributed by atoms with van der Waals surface area (Å²) in [7, 11) is 5.37. The van der Waals surface area contributed by atoms with E-state index >= 15 is 0 Å². The van der Waals surface area contributed by atoms with E-state index in [-0.39, 0.29) is 0 Å². The fraction of sp³-hybridized carbons (Fsp3) is 0.625. The molecule has 1 aliphatic rings. The lowest BCUT2D eigenvalue weighted by Crippen LogP contribution is -2.37. The van der Waals surface area contributed by atoms with Crippen LogP contribution in [0.4, 0.5) is 0 Å². The molecule has 2 rings (SSSR count). The van der Waals surface area contributed by atoms with E-state index in [0.29, 0.717) is 28.5 Å². The van der Waals surface area contributed by atoms with Crippen molar-refractivity contribution in [2.75, 3.05) is 27.8 Å². The van der Waals surface area contributed by atoms with Crippen LogP contribution in [0.15, 0.2) is 12.1 Å². The summed E-state index contributed by atoms with van der Waals surface area (Å²) in [6.07, 6.45) is 3.70. The van der Waals surface area contributed by atoms with Gasteiger partial charge in [-0.25, -0.2) is 0 Å². The Morgan fingerprint density at radius 3 is 2.67 bits per heavy atom. The Morgan fingerprint density at radius 2 is 2.05 bits per heavy atom. The van der Waals surface area contributed by atoms with Crippen LogP contribution in [-0.4, -0.2) is 38.8 Å². The van der Waals surface area contributed by atoms with Gasteiger partial charge in [0.15, 0.2) is 11.5 Å². The number of halogens is 1. The van der Waals surface area contributed by atoms with Gasteiger partial charge >= 0.3 is 0 Å². The summed E-state index contributed by atoms with van der Waals surface area (Å²) >= 11 is 6.46. The van der Waals surface area contributed by atoms with Crippen LogP contribution in [0.25, 0.3) is 0 Å². The maximum Gasteiger partial charge on any atom is 0.179 e. The third-order valence-corrected chi connectivity index (χ3v) is 4.89. The zero-order chi connectivity index (χ0) is 15.4. The van der Waals surface area contributed by atoms with Crippen molar-refractivity contribution in [2.45, 2.75) is 31.8 Å². The maximum atomic E-state index is 6.46. The van der Waals surface area contributed by atoms with Crippen molar-refractivity contribution in [3.63, 3.8) is 0 Å². The predicted molar refractivity (Wildman–Crippen MR) is 86.2 cm³/mol. The molecule has 0 amide bonds. The van der Waals surface area contributed by atoms with Crippen LogP contribution in [0, 0.1) is 5.92 Å². The van der Waals surface area contributed by atoms with E-state index in [1.165, 1.54) is 19.3 Å². The van der Waals surface area contributed by atoms with Crippen LogP contribution in [-0.2, 0) is 6.54 Å². The molecule has 2 atom stereocenters. The molecule has 1 saturated carbocycles. The maximum absolute atomic E-state index is 6.46. The average Bonchev–Trinajstić information content (AvgIpc) is 2.97. The summed E-state index contributed by atoms with van der Waals surface area (Å²) in [5.74, 6) is 1.86. The first-order valence-corrected chi connectivity index (χ1v) is 7.79. The topological polar surface area (TPSA) is 47.7 Å². The largest absolute Gasteiger partial charge is 0.493 e. The molecule has 5 heteroatoms. The highest BCUT2D eigenvalue weighted by molar-refractivity contribution is 6.33. The van der Waals surface area contributed by atoms with Crippen molar-refractivity contribution in [3.8, 4) is 11.5 Å². The highest BCUT2D eigenvalue weighted by Gasteiger charge is 2.29. The third-order valence-electron chi connectivity index (χ3n) is 4.47. The second-order valence-electron chi connectivity index (χ2n) is 5.68. The molecule has 4 nitrogen and oxygen atoms in total. The first-order chi connectivity index (χ1) is 10.1. The van der Waals surface area contributed by atoms with Crippen molar-refractivity contribution in [2.24, 2.45) is 11.7 Å². The van der Waals surface area contributed by atoms with E-state index in [9.17, 15) is 0 Å². The Kier molecular flexibility index (Phi) is 5.73. The smallest absolute Gasteiger partial charge is 0.179 e. The molecule has 0 saturated heterocycles. The van der Waals surface area contributed by atoms with E-state index in [1.54, 1.807) is 14.2 Å². The zero-order valence-corrected chi connectivity index (χ0v) is 13.8. The molecular weight excluding hydrogens is 288 g/mol. The van der Waals surface area contributed by atoms with E-state index in [0.717, 1.165) is 18.7 Å². The van der Waals surface area contributed by atoms with E-state index in [2.05, 4.69) is 11.9 Å². The number of methoxy groups -OCH3 is 2. The summed E-state index contributed by atoms with van der Waals surface area (Å²) in [5.41, 5.74) is 6.93. The number of benzene rings is 1. The van der Waals surface area contributed by atoms with Crippen LogP contribution < -0.4 is 15.2 Å². The van der Waals surface area contributed by atoms with Crippen LogP contribution in [0.2, 0.25) is 5.02 Å². The Hall–Kier alpha value is -0.970. The molecule has 0 heterocycles. The van der Waals surface area contributed by atoms with Gasteiger partial charge in [-0.2, -0.15) is 0 Å². The predicted octanol–water partition coefficient (Wildman–Crippen LogP) is 2.92. The summed E-state index contributed by atoms with van der Waals surface area (Å²) < 4.78 is 10.6. The first-order valence-electron chi connectivity index (χ1n) is 7.42. The number of hydrogen-bond donors (Lipinski definition) is 1. The van der Waals surface area contributed by atoms with E-state index < -0.39 is 0 Å².